The van der Waals surface area contributed by atoms with Gasteiger partial charge in [0.15, 0.2) is 0 Å². The van der Waals surface area contributed by atoms with Gasteiger partial charge in [-0.25, -0.2) is 12.7 Å². The average Bonchev–Trinajstić information content (AvgIpc) is 3.26. The SMILES string of the molecule is Cc1nnc(CN2C[C@H]3CN(S(C)(=O)=O)C[C@@]3(CCc3ccccc3)C2)o1. The number of aromatic nitrogens is 2. The van der Waals surface area contributed by atoms with Crippen LogP contribution in [0.1, 0.15) is 23.8 Å². The molecule has 2 fully saturated rings. The highest BCUT2D eigenvalue weighted by atomic mass is 32.2. The lowest BCUT2D eigenvalue weighted by Gasteiger charge is -2.29. The van der Waals surface area contributed by atoms with Crippen molar-refractivity contribution in [3.63, 3.8) is 0 Å². The van der Waals surface area contributed by atoms with Crippen molar-refractivity contribution in [2.45, 2.75) is 26.3 Å². The fourth-order valence-corrected chi connectivity index (χ4v) is 5.54. The monoisotopic (exact) mass is 390 g/mol. The maximum atomic E-state index is 12.1. The van der Waals surface area contributed by atoms with E-state index < -0.39 is 10.0 Å². The van der Waals surface area contributed by atoms with Gasteiger partial charge >= 0.3 is 0 Å². The number of hydrogen-bond donors (Lipinski definition) is 0. The summed E-state index contributed by atoms with van der Waals surface area (Å²) < 4.78 is 31.5. The average molecular weight is 391 g/mol. The number of hydrogen-bond acceptors (Lipinski definition) is 6. The zero-order chi connectivity index (χ0) is 19.1. The Balaban J connectivity index is 1.51. The van der Waals surface area contributed by atoms with E-state index in [1.165, 1.54) is 11.8 Å². The van der Waals surface area contributed by atoms with Gasteiger partial charge in [-0.2, -0.15) is 0 Å². The van der Waals surface area contributed by atoms with Gasteiger partial charge in [0.1, 0.15) is 0 Å². The summed E-state index contributed by atoms with van der Waals surface area (Å²) in [5.74, 6) is 1.54. The zero-order valence-electron chi connectivity index (χ0n) is 15.8. The standard InChI is InChI=1S/C19H26N4O3S/c1-15-20-21-18(26-15)12-22-10-17-11-23(27(2,24)25)14-19(17,13-22)9-8-16-6-4-3-5-7-16/h3-7,17H,8-14H2,1-2H3/t17-,19+/m0/s1. The molecule has 2 atom stereocenters. The molecule has 3 heterocycles. The second-order valence-electron chi connectivity index (χ2n) is 7.98. The molecule has 0 unspecified atom stereocenters. The van der Waals surface area contributed by atoms with E-state index in [-0.39, 0.29) is 5.41 Å². The van der Waals surface area contributed by atoms with Crippen LogP contribution in [-0.2, 0) is 23.0 Å². The molecule has 27 heavy (non-hydrogen) atoms. The van der Waals surface area contributed by atoms with Gasteiger partial charge in [0.2, 0.25) is 21.8 Å². The fourth-order valence-electron chi connectivity index (χ4n) is 4.60. The minimum Gasteiger partial charge on any atom is -0.424 e. The first-order chi connectivity index (χ1) is 12.8. The summed E-state index contributed by atoms with van der Waals surface area (Å²) in [5, 5.41) is 8.02. The molecule has 2 aliphatic heterocycles. The molecular formula is C19H26N4O3S. The van der Waals surface area contributed by atoms with E-state index in [0.717, 1.165) is 25.9 Å². The Labute approximate surface area is 160 Å². The van der Waals surface area contributed by atoms with Crippen molar-refractivity contribution in [2.24, 2.45) is 11.3 Å². The molecule has 0 radical (unpaired) electrons. The number of sulfonamides is 1. The van der Waals surface area contributed by atoms with Crippen LogP contribution in [0.3, 0.4) is 0 Å². The Kier molecular flexibility index (Phi) is 4.82. The molecule has 2 aliphatic rings. The van der Waals surface area contributed by atoms with Crippen molar-refractivity contribution in [3.05, 3.63) is 47.7 Å². The maximum Gasteiger partial charge on any atom is 0.230 e. The number of nitrogens with zero attached hydrogens (tertiary/aromatic N) is 4. The molecule has 0 spiro atoms. The van der Waals surface area contributed by atoms with Crippen LogP contribution in [0.4, 0.5) is 0 Å². The van der Waals surface area contributed by atoms with Crippen LogP contribution in [0.2, 0.25) is 0 Å². The molecule has 0 N–H and O–H groups in total. The molecule has 0 aliphatic carbocycles. The van der Waals surface area contributed by atoms with Crippen molar-refractivity contribution in [1.29, 1.82) is 0 Å². The Morgan fingerprint density at radius 2 is 1.96 bits per heavy atom. The molecule has 4 rings (SSSR count). The van der Waals surface area contributed by atoms with Gasteiger partial charge in [-0.15, -0.1) is 10.2 Å². The van der Waals surface area contributed by atoms with Gasteiger partial charge in [0.05, 0.1) is 12.8 Å². The number of rotatable bonds is 6. The molecule has 7 nitrogen and oxygen atoms in total. The lowest BCUT2D eigenvalue weighted by molar-refractivity contribution is 0.213. The van der Waals surface area contributed by atoms with Crippen LogP contribution >= 0.6 is 0 Å². The molecule has 146 valence electrons. The Bertz CT molecular complexity index is 899. The minimum atomic E-state index is -3.16. The summed E-state index contributed by atoms with van der Waals surface area (Å²) in [5.41, 5.74) is 1.28. The van der Waals surface area contributed by atoms with Crippen LogP contribution in [-0.4, -0.2) is 60.3 Å². The maximum absolute atomic E-state index is 12.1. The van der Waals surface area contributed by atoms with Crippen LogP contribution in [0, 0.1) is 18.3 Å². The van der Waals surface area contributed by atoms with E-state index in [2.05, 4.69) is 39.4 Å². The highest BCUT2D eigenvalue weighted by molar-refractivity contribution is 7.88. The Hall–Kier alpha value is -1.77. The van der Waals surface area contributed by atoms with Gasteiger partial charge in [-0.3, -0.25) is 4.90 Å². The Morgan fingerprint density at radius 3 is 2.63 bits per heavy atom. The second-order valence-corrected chi connectivity index (χ2v) is 9.97. The lowest BCUT2D eigenvalue weighted by Crippen LogP contribution is -2.36. The third-order valence-corrected chi connectivity index (χ3v) is 7.16. The van der Waals surface area contributed by atoms with Crippen LogP contribution in [0.5, 0.6) is 0 Å². The smallest absolute Gasteiger partial charge is 0.230 e. The minimum absolute atomic E-state index is 0.0199. The predicted molar refractivity (Wildman–Crippen MR) is 101 cm³/mol. The first-order valence-electron chi connectivity index (χ1n) is 9.34. The van der Waals surface area contributed by atoms with Crippen molar-refractivity contribution in [1.82, 2.24) is 19.4 Å². The molecule has 2 saturated heterocycles. The van der Waals surface area contributed by atoms with Gasteiger partial charge in [0.25, 0.3) is 0 Å². The van der Waals surface area contributed by atoms with E-state index >= 15 is 0 Å². The lowest BCUT2D eigenvalue weighted by atomic mass is 9.76. The van der Waals surface area contributed by atoms with Crippen molar-refractivity contribution in [2.75, 3.05) is 32.4 Å². The molecule has 2 aromatic rings. The summed E-state index contributed by atoms with van der Waals surface area (Å²) in [7, 11) is -3.16. The predicted octanol–water partition coefficient (Wildman–Crippen LogP) is 1.70. The van der Waals surface area contributed by atoms with Gasteiger partial charge < -0.3 is 4.42 Å². The quantitative estimate of drug-likeness (QED) is 0.747. The van der Waals surface area contributed by atoms with Crippen molar-refractivity contribution >= 4 is 10.0 Å². The number of aryl methyl sites for hydroxylation is 2. The summed E-state index contributed by atoms with van der Waals surface area (Å²) >= 11 is 0. The summed E-state index contributed by atoms with van der Waals surface area (Å²) in [6.45, 7) is 5.35. The summed E-state index contributed by atoms with van der Waals surface area (Å²) in [6, 6.07) is 10.4. The third-order valence-electron chi connectivity index (χ3n) is 5.95. The highest BCUT2D eigenvalue weighted by Crippen LogP contribution is 2.46. The van der Waals surface area contributed by atoms with E-state index in [0.29, 0.717) is 37.3 Å². The molecule has 1 aromatic carbocycles. The largest absolute Gasteiger partial charge is 0.424 e. The van der Waals surface area contributed by atoms with Gasteiger partial charge in [-0.1, -0.05) is 30.3 Å². The van der Waals surface area contributed by atoms with Crippen LogP contribution < -0.4 is 0 Å². The first-order valence-corrected chi connectivity index (χ1v) is 11.2. The third kappa shape index (κ3) is 3.93. The number of likely N-dealkylation sites (tertiary alicyclic amines) is 1. The second kappa shape index (κ2) is 7.00. The Morgan fingerprint density at radius 1 is 1.19 bits per heavy atom. The molecular weight excluding hydrogens is 364 g/mol. The van der Waals surface area contributed by atoms with E-state index in [1.54, 1.807) is 11.2 Å². The van der Waals surface area contributed by atoms with Gasteiger partial charge in [0, 0.05) is 38.5 Å². The summed E-state index contributed by atoms with van der Waals surface area (Å²) in [6.07, 6.45) is 3.26. The van der Waals surface area contributed by atoms with Crippen molar-refractivity contribution < 1.29 is 12.8 Å². The topological polar surface area (TPSA) is 79.5 Å². The summed E-state index contributed by atoms with van der Waals surface area (Å²) in [4.78, 5) is 2.34. The van der Waals surface area contributed by atoms with Crippen LogP contribution in [0.25, 0.3) is 0 Å². The number of benzene rings is 1. The highest BCUT2D eigenvalue weighted by Gasteiger charge is 2.53. The molecule has 8 heteroatoms. The normalized spacial score (nSPS) is 26.5. The van der Waals surface area contributed by atoms with Gasteiger partial charge in [-0.05, 0) is 24.3 Å². The van der Waals surface area contributed by atoms with E-state index in [9.17, 15) is 8.42 Å². The fraction of sp³-hybridized carbons (Fsp3) is 0.579. The molecule has 1 aromatic heterocycles. The zero-order valence-corrected chi connectivity index (χ0v) is 16.7. The van der Waals surface area contributed by atoms with E-state index in [1.807, 2.05) is 6.07 Å². The molecule has 0 bridgehead atoms. The number of fused-ring (bicyclic) bond motifs is 1. The van der Waals surface area contributed by atoms with Crippen LogP contribution in [0.15, 0.2) is 34.7 Å². The van der Waals surface area contributed by atoms with Crippen molar-refractivity contribution in [3.8, 4) is 0 Å². The molecule has 0 saturated carbocycles. The van der Waals surface area contributed by atoms with E-state index in [4.69, 9.17) is 4.42 Å². The molecule has 0 amide bonds. The first kappa shape index (κ1) is 18.6.